The summed E-state index contributed by atoms with van der Waals surface area (Å²) in [5.74, 6) is -0.390. The highest BCUT2D eigenvalue weighted by Gasteiger charge is 2.16. The molecule has 3 aromatic rings. The summed E-state index contributed by atoms with van der Waals surface area (Å²) in [7, 11) is 1.74. The van der Waals surface area contributed by atoms with Crippen LogP contribution in [0, 0.1) is 13.8 Å². The van der Waals surface area contributed by atoms with Gasteiger partial charge in [0.15, 0.2) is 0 Å². The molecule has 0 unspecified atom stereocenters. The first-order valence-corrected chi connectivity index (χ1v) is 9.96. The minimum atomic E-state index is -0.390. The number of aromatic nitrogens is 3. The van der Waals surface area contributed by atoms with Crippen molar-refractivity contribution in [3.63, 3.8) is 0 Å². The molecule has 0 aliphatic rings. The van der Waals surface area contributed by atoms with Gasteiger partial charge in [-0.3, -0.25) is 0 Å². The van der Waals surface area contributed by atoms with E-state index >= 15 is 0 Å². The molecule has 0 radical (unpaired) electrons. The highest BCUT2D eigenvalue weighted by molar-refractivity contribution is 7.11. The molecule has 152 valence electrons. The molecule has 0 spiro atoms. The van der Waals surface area contributed by atoms with Crippen LogP contribution in [0.4, 0.5) is 10.5 Å². The Morgan fingerprint density at radius 3 is 2.55 bits per heavy atom. The number of nitrogens with one attached hydrogen (secondary N) is 1. The van der Waals surface area contributed by atoms with E-state index in [1.54, 1.807) is 53.2 Å². The number of aryl methyl sites for hydroxylation is 1. The Morgan fingerprint density at radius 2 is 1.93 bits per heavy atom. The van der Waals surface area contributed by atoms with Crippen LogP contribution in [0.25, 0.3) is 5.69 Å². The molecule has 0 bridgehead atoms. The van der Waals surface area contributed by atoms with Crippen LogP contribution in [-0.4, -0.2) is 45.3 Å². The van der Waals surface area contributed by atoms with E-state index in [4.69, 9.17) is 4.74 Å². The minimum Gasteiger partial charge on any atom is -0.462 e. The first-order valence-electron chi connectivity index (χ1n) is 9.14. The molecular weight excluding hydrogens is 390 g/mol. The molecule has 1 N–H and O–H groups in total. The van der Waals surface area contributed by atoms with Gasteiger partial charge in [-0.2, -0.15) is 5.10 Å². The van der Waals surface area contributed by atoms with Gasteiger partial charge >= 0.3 is 12.0 Å². The van der Waals surface area contributed by atoms with Gasteiger partial charge in [0.2, 0.25) is 0 Å². The molecule has 0 saturated heterocycles. The van der Waals surface area contributed by atoms with Crippen molar-refractivity contribution in [3.05, 3.63) is 57.8 Å². The number of hydrogen-bond acceptors (Lipinski definition) is 6. The van der Waals surface area contributed by atoms with Crippen LogP contribution in [0.3, 0.4) is 0 Å². The molecule has 9 heteroatoms. The maximum Gasteiger partial charge on any atom is 0.341 e. The zero-order valence-corrected chi connectivity index (χ0v) is 17.6. The molecule has 8 nitrogen and oxygen atoms in total. The largest absolute Gasteiger partial charge is 0.462 e. The number of carbonyl (C=O) groups excluding carboxylic acids is 2. The second kappa shape index (κ2) is 8.87. The van der Waals surface area contributed by atoms with Crippen molar-refractivity contribution in [3.8, 4) is 5.69 Å². The summed E-state index contributed by atoms with van der Waals surface area (Å²) in [6.07, 6.45) is 3.29. The molecule has 1 aromatic carbocycles. The van der Waals surface area contributed by atoms with Crippen molar-refractivity contribution in [2.24, 2.45) is 0 Å². The van der Waals surface area contributed by atoms with E-state index in [9.17, 15) is 9.59 Å². The van der Waals surface area contributed by atoms with Crippen LogP contribution in [0.15, 0.2) is 36.7 Å². The van der Waals surface area contributed by atoms with Crippen molar-refractivity contribution in [1.82, 2.24) is 19.7 Å². The van der Waals surface area contributed by atoms with Crippen molar-refractivity contribution in [2.75, 3.05) is 19.0 Å². The lowest BCUT2D eigenvalue weighted by atomic mass is 10.2. The van der Waals surface area contributed by atoms with Crippen molar-refractivity contribution in [1.29, 1.82) is 0 Å². The number of urea groups is 1. The second-order valence-corrected chi connectivity index (χ2v) is 7.77. The summed E-state index contributed by atoms with van der Waals surface area (Å²) in [5.41, 5.74) is 2.58. The molecule has 2 heterocycles. The Hall–Kier alpha value is -3.20. The normalized spacial score (nSPS) is 10.6. The minimum absolute atomic E-state index is 0.205. The third kappa shape index (κ3) is 4.80. The van der Waals surface area contributed by atoms with Crippen LogP contribution in [0.2, 0.25) is 0 Å². The van der Waals surface area contributed by atoms with Gasteiger partial charge in [0.05, 0.1) is 35.7 Å². The fourth-order valence-electron chi connectivity index (χ4n) is 2.77. The highest BCUT2D eigenvalue weighted by atomic mass is 32.1. The van der Waals surface area contributed by atoms with Crippen LogP contribution in [0.5, 0.6) is 0 Å². The predicted octanol–water partition coefficient (Wildman–Crippen LogP) is 3.79. The van der Waals surface area contributed by atoms with Gasteiger partial charge < -0.3 is 15.0 Å². The molecule has 0 saturated carbocycles. The molecule has 0 fully saturated rings. The van der Waals surface area contributed by atoms with Gasteiger partial charge in [-0.1, -0.05) is 0 Å². The predicted molar refractivity (Wildman–Crippen MR) is 112 cm³/mol. The average molecular weight is 414 g/mol. The van der Waals surface area contributed by atoms with E-state index < -0.39 is 0 Å². The summed E-state index contributed by atoms with van der Waals surface area (Å²) in [5, 5.41) is 8.12. The molecule has 0 atom stereocenters. The van der Waals surface area contributed by atoms with Gasteiger partial charge in [-0.15, -0.1) is 11.3 Å². The number of amides is 2. The lowest BCUT2D eigenvalue weighted by molar-refractivity contribution is 0.0525. The Balaban J connectivity index is 1.66. The molecule has 0 aliphatic heterocycles. The van der Waals surface area contributed by atoms with Gasteiger partial charge in [0.25, 0.3) is 0 Å². The van der Waals surface area contributed by atoms with E-state index in [0.29, 0.717) is 30.1 Å². The standard InChI is InChI=1S/C20H23N5O3S/c1-5-28-19(26)18-11-22-25(13(18)2)16-8-6-15(7-9-16)23-20(27)24(4)12-17-10-21-14(3)29-17/h6-11H,5,12H2,1-4H3,(H,23,27). The van der Waals surface area contributed by atoms with E-state index in [-0.39, 0.29) is 12.0 Å². The summed E-state index contributed by atoms with van der Waals surface area (Å²) >= 11 is 1.57. The lowest BCUT2D eigenvalue weighted by Gasteiger charge is -2.17. The number of ether oxygens (including phenoxy) is 1. The maximum absolute atomic E-state index is 12.4. The summed E-state index contributed by atoms with van der Waals surface area (Å²) < 4.78 is 6.70. The first kappa shape index (κ1) is 20.5. The number of rotatable bonds is 6. The van der Waals surface area contributed by atoms with Crippen molar-refractivity contribution >= 4 is 29.0 Å². The Bertz CT molecular complexity index is 1010. The SMILES string of the molecule is CCOC(=O)c1cnn(-c2ccc(NC(=O)N(C)Cc3cnc(C)s3)cc2)c1C. The first-order chi connectivity index (χ1) is 13.9. The monoisotopic (exact) mass is 413 g/mol. The van der Waals surface area contributed by atoms with Gasteiger partial charge in [0, 0.05) is 23.8 Å². The van der Waals surface area contributed by atoms with E-state index in [1.165, 1.54) is 6.20 Å². The fourth-order valence-corrected chi connectivity index (χ4v) is 3.62. The number of hydrogen-bond donors (Lipinski definition) is 1. The van der Waals surface area contributed by atoms with Gasteiger partial charge in [-0.25, -0.2) is 19.3 Å². The van der Waals surface area contributed by atoms with Crippen molar-refractivity contribution in [2.45, 2.75) is 27.3 Å². The van der Waals surface area contributed by atoms with Gasteiger partial charge in [-0.05, 0) is 45.0 Å². The smallest absolute Gasteiger partial charge is 0.341 e. The molecule has 0 aliphatic carbocycles. The Morgan fingerprint density at radius 1 is 1.21 bits per heavy atom. The summed E-state index contributed by atoms with van der Waals surface area (Å²) in [6.45, 7) is 6.33. The Kier molecular flexibility index (Phi) is 6.28. The van der Waals surface area contributed by atoms with Crippen LogP contribution in [0.1, 0.15) is 32.9 Å². The average Bonchev–Trinajstić information content (AvgIpc) is 3.28. The number of anilines is 1. The highest BCUT2D eigenvalue weighted by Crippen LogP contribution is 2.18. The second-order valence-electron chi connectivity index (χ2n) is 6.45. The summed E-state index contributed by atoms with van der Waals surface area (Å²) in [4.78, 5) is 31.2. The molecule has 2 amide bonds. The quantitative estimate of drug-likeness (QED) is 0.621. The molecule has 29 heavy (non-hydrogen) atoms. The number of carbonyl (C=O) groups is 2. The number of nitrogens with zero attached hydrogens (tertiary/aromatic N) is 4. The zero-order chi connectivity index (χ0) is 21.0. The zero-order valence-electron chi connectivity index (χ0n) is 16.8. The molecule has 3 rings (SSSR count). The maximum atomic E-state index is 12.4. The number of benzene rings is 1. The third-order valence-electron chi connectivity index (χ3n) is 4.28. The summed E-state index contributed by atoms with van der Waals surface area (Å²) in [6, 6.07) is 7.05. The molecule has 2 aromatic heterocycles. The van der Waals surface area contributed by atoms with Crippen LogP contribution >= 0.6 is 11.3 Å². The van der Waals surface area contributed by atoms with Crippen LogP contribution < -0.4 is 5.32 Å². The molecular formula is C20H23N5O3S. The Labute approximate surface area is 173 Å². The van der Waals surface area contributed by atoms with Crippen molar-refractivity contribution < 1.29 is 14.3 Å². The van der Waals surface area contributed by atoms with E-state index in [0.717, 1.165) is 15.6 Å². The number of esters is 1. The van der Waals surface area contributed by atoms with E-state index in [1.807, 2.05) is 26.0 Å². The lowest BCUT2D eigenvalue weighted by Crippen LogP contribution is -2.30. The number of thiazole rings is 1. The fraction of sp³-hybridized carbons (Fsp3) is 0.300. The topological polar surface area (TPSA) is 89.3 Å². The van der Waals surface area contributed by atoms with E-state index in [2.05, 4.69) is 15.4 Å². The third-order valence-corrected chi connectivity index (χ3v) is 5.17. The van der Waals surface area contributed by atoms with Gasteiger partial charge in [0.1, 0.15) is 5.56 Å². The van der Waals surface area contributed by atoms with Crippen LogP contribution in [-0.2, 0) is 11.3 Å².